The molecule has 0 saturated carbocycles. The second-order valence-electron chi connectivity index (χ2n) is 7.08. The first-order chi connectivity index (χ1) is 13.0. The second kappa shape index (κ2) is 8.55. The highest BCUT2D eigenvalue weighted by molar-refractivity contribution is 6.04. The quantitative estimate of drug-likeness (QED) is 0.731. The molecule has 8 nitrogen and oxygen atoms in total. The van der Waals surface area contributed by atoms with E-state index in [-0.39, 0.29) is 5.69 Å². The lowest BCUT2D eigenvalue weighted by molar-refractivity contribution is -0.118. The van der Waals surface area contributed by atoms with Crippen molar-refractivity contribution in [3.05, 3.63) is 54.1 Å². The normalized spacial score (nSPS) is 12.0. The van der Waals surface area contributed by atoms with Crippen molar-refractivity contribution in [1.29, 1.82) is 0 Å². The van der Waals surface area contributed by atoms with Crippen LogP contribution in [0.5, 0.6) is 0 Å². The molecule has 0 fully saturated rings. The Hall–Kier alpha value is -3.36. The number of nitrogens with zero attached hydrogens (tertiary/aromatic N) is 1. The van der Waals surface area contributed by atoms with E-state index in [0.717, 1.165) is 16.9 Å². The number of amides is 3. The Bertz CT molecular complexity index is 859. The molecule has 150 valence electrons. The third-order valence-electron chi connectivity index (χ3n) is 3.41. The first-order valence-electron chi connectivity index (χ1n) is 8.60. The molecule has 0 bridgehead atoms. The van der Waals surface area contributed by atoms with E-state index in [9.17, 15) is 18.8 Å². The summed E-state index contributed by atoms with van der Waals surface area (Å²) in [4.78, 5) is 36.5. The van der Waals surface area contributed by atoms with Crippen LogP contribution in [-0.2, 0) is 9.53 Å². The van der Waals surface area contributed by atoms with Gasteiger partial charge in [0.05, 0.1) is 6.20 Å². The van der Waals surface area contributed by atoms with Crippen LogP contribution in [0.4, 0.5) is 14.9 Å². The molecule has 1 aromatic carbocycles. The van der Waals surface area contributed by atoms with Gasteiger partial charge in [-0.25, -0.2) is 9.18 Å². The smallest absolute Gasteiger partial charge is 0.408 e. The molecule has 3 N–H and O–H groups in total. The van der Waals surface area contributed by atoms with Gasteiger partial charge in [0.1, 0.15) is 23.2 Å². The Labute approximate surface area is 162 Å². The summed E-state index contributed by atoms with van der Waals surface area (Å²) in [5, 5.41) is 4.98. The van der Waals surface area contributed by atoms with Crippen LogP contribution in [0.15, 0.2) is 42.6 Å². The van der Waals surface area contributed by atoms with Gasteiger partial charge in [-0.2, -0.15) is 0 Å². The zero-order chi connectivity index (χ0) is 20.9. The summed E-state index contributed by atoms with van der Waals surface area (Å²) in [5.41, 5.74) is 2.07. The Morgan fingerprint density at radius 1 is 1.14 bits per heavy atom. The molecule has 2 aromatic rings. The summed E-state index contributed by atoms with van der Waals surface area (Å²) in [6.07, 6.45) is 0.189. The molecular weight excluding hydrogens is 367 g/mol. The maximum Gasteiger partial charge on any atom is 0.408 e. The van der Waals surface area contributed by atoms with Gasteiger partial charge in [0.15, 0.2) is 0 Å². The van der Waals surface area contributed by atoms with Gasteiger partial charge in [-0.1, -0.05) is 18.2 Å². The summed E-state index contributed by atoms with van der Waals surface area (Å²) in [7, 11) is 0. The summed E-state index contributed by atoms with van der Waals surface area (Å²) in [6, 6.07) is 8.62. The molecule has 1 atom stereocenters. The average Bonchev–Trinajstić information content (AvgIpc) is 2.94. The Morgan fingerprint density at radius 3 is 2.39 bits per heavy atom. The van der Waals surface area contributed by atoms with Crippen molar-refractivity contribution in [2.24, 2.45) is 0 Å². The van der Waals surface area contributed by atoms with Gasteiger partial charge in [-0.3, -0.25) is 19.7 Å². The number of aromatic nitrogens is 1. The van der Waals surface area contributed by atoms with Gasteiger partial charge in [-0.05, 0) is 39.8 Å². The van der Waals surface area contributed by atoms with E-state index in [4.69, 9.17) is 4.74 Å². The minimum Gasteiger partial charge on any atom is -0.444 e. The predicted octanol–water partition coefficient (Wildman–Crippen LogP) is 2.86. The SMILES string of the molecule is C[C@H](NC(=O)OC(C)(C)C)C(=O)Nn1cc(F)cc1C(=O)Nc1ccccc1. The number of benzene rings is 1. The van der Waals surface area contributed by atoms with Crippen LogP contribution < -0.4 is 16.1 Å². The molecule has 3 amide bonds. The highest BCUT2D eigenvalue weighted by Crippen LogP contribution is 2.11. The van der Waals surface area contributed by atoms with Gasteiger partial charge >= 0.3 is 6.09 Å². The molecule has 0 aliphatic rings. The van der Waals surface area contributed by atoms with Crippen molar-refractivity contribution in [3.63, 3.8) is 0 Å². The number of hydrogen-bond donors (Lipinski definition) is 3. The summed E-state index contributed by atoms with van der Waals surface area (Å²) in [6.45, 7) is 6.51. The highest BCUT2D eigenvalue weighted by Gasteiger charge is 2.23. The summed E-state index contributed by atoms with van der Waals surface area (Å²) < 4.78 is 19.7. The van der Waals surface area contributed by atoms with Crippen LogP contribution in [0.1, 0.15) is 38.2 Å². The van der Waals surface area contributed by atoms with Gasteiger partial charge in [0.25, 0.3) is 11.8 Å². The molecule has 0 aliphatic heterocycles. The summed E-state index contributed by atoms with van der Waals surface area (Å²) in [5.74, 6) is -1.97. The fraction of sp³-hybridized carbons (Fsp3) is 0.316. The van der Waals surface area contributed by atoms with Gasteiger partial charge in [0.2, 0.25) is 0 Å². The third-order valence-corrected chi connectivity index (χ3v) is 3.41. The van der Waals surface area contributed by atoms with E-state index in [0.29, 0.717) is 5.69 Å². The molecule has 0 saturated heterocycles. The molecule has 28 heavy (non-hydrogen) atoms. The van der Waals surface area contributed by atoms with Crippen LogP contribution in [0.2, 0.25) is 0 Å². The lowest BCUT2D eigenvalue weighted by Crippen LogP contribution is -2.46. The number of anilines is 1. The maximum atomic E-state index is 13.7. The molecule has 9 heteroatoms. The average molecular weight is 390 g/mol. The number of nitrogens with one attached hydrogen (secondary N) is 3. The predicted molar refractivity (Wildman–Crippen MR) is 102 cm³/mol. The van der Waals surface area contributed by atoms with Crippen LogP contribution in [0.3, 0.4) is 0 Å². The number of carbonyl (C=O) groups is 3. The number of hydrogen-bond acceptors (Lipinski definition) is 4. The molecule has 0 radical (unpaired) electrons. The van der Waals surface area contributed by atoms with Crippen molar-refractivity contribution in [3.8, 4) is 0 Å². The maximum absolute atomic E-state index is 13.7. The second-order valence-corrected chi connectivity index (χ2v) is 7.08. The van der Waals surface area contributed by atoms with Crippen molar-refractivity contribution >= 4 is 23.6 Å². The number of carbonyl (C=O) groups excluding carboxylic acids is 3. The first kappa shape index (κ1) is 20.9. The Kier molecular flexibility index (Phi) is 6.40. The van der Waals surface area contributed by atoms with Crippen LogP contribution >= 0.6 is 0 Å². The topological polar surface area (TPSA) is 101 Å². The van der Waals surface area contributed by atoms with E-state index in [2.05, 4.69) is 16.1 Å². The molecule has 0 aliphatic carbocycles. The van der Waals surface area contributed by atoms with E-state index in [1.54, 1.807) is 51.1 Å². The van der Waals surface area contributed by atoms with Crippen molar-refractivity contribution in [2.45, 2.75) is 39.3 Å². The lowest BCUT2D eigenvalue weighted by atomic mass is 10.2. The number of rotatable bonds is 5. The first-order valence-corrected chi connectivity index (χ1v) is 8.60. The zero-order valence-electron chi connectivity index (χ0n) is 16.1. The van der Waals surface area contributed by atoms with Crippen LogP contribution in [0.25, 0.3) is 0 Å². The van der Waals surface area contributed by atoms with E-state index < -0.39 is 35.4 Å². The van der Waals surface area contributed by atoms with Crippen molar-refractivity contribution in [2.75, 3.05) is 10.7 Å². The largest absolute Gasteiger partial charge is 0.444 e. The minimum absolute atomic E-state index is 0.112. The van der Waals surface area contributed by atoms with Crippen LogP contribution in [-0.4, -0.2) is 34.2 Å². The minimum atomic E-state index is -0.981. The Morgan fingerprint density at radius 2 is 1.79 bits per heavy atom. The number of alkyl carbamates (subject to hydrolysis) is 1. The zero-order valence-corrected chi connectivity index (χ0v) is 16.1. The fourth-order valence-electron chi connectivity index (χ4n) is 2.18. The molecule has 2 rings (SSSR count). The van der Waals surface area contributed by atoms with Crippen molar-refractivity contribution in [1.82, 2.24) is 9.99 Å². The highest BCUT2D eigenvalue weighted by atomic mass is 19.1. The molecule has 0 spiro atoms. The van der Waals surface area contributed by atoms with Crippen LogP contribution in [0, 0.1) is 5.82 Å². The van der Waals surface area contributed by atoms with Gasteiger partial charge in [0, 0.05) is 11.8 Å². The molecular formula is C19H23FN4O4. The van der Waals surface area contributed by atoms with E-state index in [1.807, 2.05) is 0 Å². The third kappa shape index (κ3) is 6.11. The monoisotopic (exact) mass is 390 g/mol. The lowest BCUT2D eigenvalue weighted by Gasteiger charge is -2.22. The van der Waals surface area contributed by atoms with E-state index >= 15 is 0 Å². The summed E-state index contributed by atoms with van der Waals surface area (Å²) >= 11 is 0. The Balaban J connectivity index is 2.04. The standard InChI is InChI=1S/C19H23FN4O4/c1-12(21-18(27)28-19(2,3)4)16(25)23-24-11-13(20)10-15(24)17(26)22-14-8-6-5-7-9-14/h5-12H,1-4H3,(H,21,27)(H,22,26)(H,23,25)/t12-/m0/s1. The fourth-order valence-corrected chi connectivity index (χ4v) is 2.18. The number of para-hydroxylation sites is 1. The van der Waals surface area contributed by atoms with Gasteiger partial charge < -0.3 is 15.4 Å². The number of halogens is 1. The molecule has 1 heterocycles. The van der Waals surface area contributed by atoms with Crippen molar-refractivity contribution < 1.29 is 23.5 Å². The molecule has 1 aromatic heterocycles. The van der Waals surface area contributed by atoms with E-state index in [1.165, 1.54) is 6.92 Å². The molecule has 0 unspecified atom stereocenters. The number of ether oxygens (including phenoxy) is 1. The van der Waals surface area contributed by atoms with Gasteiger partial charge in [-0.15, -0.1) is 0 Å².